The summed E-state index contributed by atoms with van der Waals surface area (Å²) in [5.74, 6) is 2.74. The quantitative estimate of drug-likeness (QED) is 0.158. The zero-order valence-electron chi connectivity index (χ0n) is 34.1. The van der Waals surface area contributed by atoms with Crippen molar-refractivity contribution in [2.75, 3.05) is 0 Å². The minimum absolute atomic E-state index is 0.0311. The predicted octanol–water partition coefficient (Wildman–Crippen LogP) is 13.0. The van der Waals surface area contributed by atoms with Gasteiger partial charge in [0.15, 0.2) is 25.0 Å². The van der Waals surface area contributed by atoms with Gasteiger partial charge in [0.25, 0.3) is 0 Å². The van der Waals surface area contributed by atoms with E-state index in [0.29, 0.717) is 23.4 Å². The van der Waals surface area contributed by atoms with E-state index in [2.05, 4.69) is 126 Å². The van der Waals surface area contributed by atoms with E-state index in [4.69, 9.17) is 19.9 Å². The van der Waals surface area contributed by atoms with E-state index in [-0.39, 0.29) is 22.3 Å². The summed E-state index contributed by atoms with van der Waals surface area (Å²) in [4.78, 5) is 0. The number of fused-ring (bicyclic) bond motifs is 1. The molecule has 0 aliphatic heterocycles. The summed E-state index contributed by atoms with van der Waals surface area (Å²) in [7, 11) is -5.46. The van der Waals surface area contributed by atoms with Crippen molar-refractivity contribution in [3.05, 3.63) is 47.6 Å². The van der Waals surface area contributed by atoms with Gasteiger partial charge in [-0.15, -0.1) is 0 Å². The van der Waals surface area contributed by atoms with Crippen LogP contribution < -0.4 is 0 Å². The first-order valence-electron chi connectivity index (χ1n) is 19.7. The van der Waals surface area contributed by atoms with Gasteiger partial charge < -0.3 is 13.3 Å². The molecular weight excluding hydrogens is 637 g/mol. The van der Waals surface area contributed by atoms with Crippen LogP contribution >= 0.6 is 0 Å². The van der Waals surface area contributed by atoms with E-state index in [9.17, 15) is 0 Å². The molecule has 6 heteroatoms. The molecule has 0 radical (unpaired) electrons. The summed E-state index contributed by atoms with van der Waals surface area (Å²) >= 11 is 0. The molecule has 4 saturated carbocycles. The third kappa shape index (κ3) is 9.47. The number of allylic oxidation sites excluding steroid dienone is 4. The molecule has 0 saturated heterocycles. The van der Waals surface area contributed by atoms with E-state index in [1.165, 1.54) is 56.1 Å². The molecule has 4 aliphatic carbocycles. The second kappa shape index (κ2) is 14.5. The van der Waals surface area contributed by atoms with Crippen molar-refractivity contribution in [2.45, 2.75) is 187 Å². The fraction of sp³-hybridized carbons (Fsp3) is 0.810. The van der Waals surface area contributed by atoms with E-state index in [0.717, 1.165) is 24.7 Å². The Bertz CT molecular complexity index is 1240. The summed E-state index contributed by atoms with van der Waals surface area (Å²) in [6.45, 7) is 40.5. The van der Waals surface area contributed by atoms with Crippen molar-refractivity contribution >= 4 is 25.0 Å². The molecule has 48 heavy (non-hydrogen) atoms. The third-order valence-corrected chi connectivity index (χ3v) is 23.6. The maximum absolute atomic E-state index is 7.12. The molecule has 0 aromatic heterocycles. The standard InChI is InChI=1S/C42H76O3Si3/c1-30(19-26-38(33-21-22-33)44-46(10,11)12)36-24-25-37-32(18-17-27-42(36,37)9)20-23-34-28-35(43-47(13,14)40(3,4)5)29-39(31(34)2)45-48(15,16)41(6,7)8/h19-20,23,26,30,33,35-39H,2,17-18,21-22,24-25,27-29H2,1,3-16H3/b26-19+,32-20+,34-23-/t30-,35?,36-,37+,38-,39+,42-/m1/s1. The van der Waals surface area contributed by atoms with Gasteiger partial charge in [-0.2, -0.15) is 0 Å². The summed E-state index contributed by atoms with van der Waals surface area (Å²) < 4.78 is 20.9. The second-order valence-corrected chi connectivity index (χ2v) is 34.6. The summed E-state index contributed by atoms with van der Waals surface area (Å²) in [6.07, 6.45) is 21.6. The van der Waals surface area contributed by atoms with E-state index < -0.39 is 25.0 Å². The highest BCUT2D eigenvalue weighted by Crippen LogP contribution is 2.59. The molecule has 0 heterocycles. The molecule has 0 aromatic carbocycles. The largest absolute Gasteiger partial charge is 0.413 e. The third-order valence-electron chi connectivity index (χ3n) is 13.6. The molecule has 4 rings (SSSR count). The average molecular weight is 713 g/mol. The Labute approximate surface area is 301 Å². The topological polar surface area (TPSA) is 27.7 Å². The molecule has 274 valence electrons. The fourth-order valence-electron chi connectivity index (χ4n) is 8.45. The van der Waals surface area contributed by atoms with Crippen LogP contribution in [0.4, 0.5) is 0 Å². The van der Waals surface area contributed by atoms with E-state index >= 15 is 0 Å². The van der Waals surface area contributed by atoms with Crippen LogP contribution in [0.1, 0.15) is 113 Å². The van der Waals surface area contributed by atoms with Crippen LogP contribution in [0.2, 0.25) is 55.9 Å². The molecule has 4 aliphatic rings. The lowest BCUT2D eigenvalue weighted by atomic mass is 9.61. The van der Waals surface area contributed by atoms with Crippen LogP contribution in [-0.4, -0.2) is 43.3 Å². The highest BCUT2D eigenvalue weighted by atomic mass is 28.4. The van der Waals surface area contributed by atoms with Crippen molar-refractivity contribution in [3.8, 4) is 0 Å². The number of hydrogen-bond acceptors (Lipinski definition) is 3. The first kappa shape index (κ1) is 40.3. The van der Waals surface area contributed by atoms with Crippen LogP contribution in [0.3, 0.4) is 0 Å². The van der Waals surface area contributed by atoms with Crippen LogP contribution in [0.15, 0.2) is 47.6 Å². The van der Waals surface area contributed by atoms with Gasteiger partial charge in [-0.1, -0.05) is 91.8 Å². The Morgan fingerprint density at radius 1 is 0.833 bits per heavy atom. The smallest absolute Gasteiger partial charge is 0.192 e. The van der Waals surface area contributed by atoms with Gasteiger partial charge >= 0.3 is 0 Å². The van der Waals surface area contributed by atoms with Gasteiger partial charge in [0.2, 0.25) is 0 Å². The Hall–Kier alpha value is -0.509. The van der Waals surface area contributed by atoms with Gasteiger partial charge in [0, 0.05) is 6.42 Å². The average Bonchev–Trinajstić information content (AvgIpc) is 3.70. The van der Waals surface area contributed by atoms with Crippen LogP contribution in [-0.2, 0) is 13.3 Å². The lowest BCUT2D eigenvalue weighted by molar-refractivity contribution is 0.0969. The number of hydrogen-bond donors (Lipinski definition) is 0. The summed E-state index contributed by atoms with van der Waals surface area (Å²) in [6, 6.07) is 0. The Balaban J connectivity index is 1.56. The first-order valence-corrected chi connectivity index (χ1v) is 28.9. The first-order chi connectivity index (χ1) is 21.8. The highest BCUT2D eigenvalue weighted by Gasteiger charge is 2.50. The Kier molecular flexibility index (Phi) is 12.2. The van der Waals surface area contributed by atoms with Gasteiger partial charge in [-0.05, 0) is 148 Å². The van der Waals surface area contributed by atoms with Crippen molar-refractivity contribution in [2.24, 2.45) is 29.1 Å². The molecule has 3 nitrogen and oxygen atoms in total. The normalized spacial score (nSPS) is 32.7. The van der Waals surface area contributed by atoms with Gasteiger partial charge in [0.05, 0.1) is 18.3 Å². The van der Waals surface area contributed by atoms with Gasteiger partial charge in [-0.25, -0.2) is 0 Å². The van der Waals surface area contributed by atoms with E-state index in [1.54, 1.807) is 5.57 Å². The maximum atomic E-state index is 7.12. The van der Waals surface area contributed by atoms with Crippen molar-refractivity contribution < 1.29 is 13.3 Å². The molecular formula is C42H76O3Si3. The van der Waals surface area contributed by atoms with E-state index in [1.807, 2.05) is 0 Å². The van der Waals surface area contributed by atoms with Crippen molar-refractivity contribution in [1.29, 1.82) is 0 Å². The highest BCUT2D eigenvalue weighted by molar-refractivity contribution is 6.74. The SMILES string of the molecule is C=C1/C(=C\C=C2/CCC[C@]3(C)[C@@H]([C@H](C)/C=C/[C@@H](O[Si](C)(C)C)C4CC4)CC[C@@H]23)CC(O[Si](C)(C)C(C)(C)C)C[C@@H]1O[Si](C)(C)C(C)(C)C. The van der Waals surface area contributed by atoms with Crippen LogP contribution in [0, 0.1) is 29.1 Å². The Morgan fingerprint density at radius 2 is 1.44 bits per heavy atom. The maximum Gasteiger partial charge on any atom is 0.192 e. The lowest BCUT2D eigenvalue weighted by Crippen LogP contribution is -2.49. The molecule has 0 N–H and O–H groups in total. The second-order valence-electron chi connectivity index (χ2n) is 20.6. The minimum Gasteiger partial charge on any atom is -0.413 e. The number of rotatable bonds is 11. The monoisotopic (exact) mass is 713 g/mol. The zero-order valence-corrected chi connectivity index (χ0v) is 37.1. The van der Waals surface area contributed by atoms with Crippen LogP contribution in [0.25, 0.3) is 0 Å². The molecule has 0 spiro atoms. The minimum atomic E-state index is -1.98. The molecule has 0 amide bonds. The molecule has 7 atom stereocenters. The Morgan fingerprint density at radius 3 is 2.00 bits per heavy atom. The molecule has 0 aromatic rings. The molecule has 4 fully saturated rings. The lowest BCUT2D eigenvalue weighted by Gasteiger charge is -2.45. The summed E-state index contributed by atoms with van der Waals surface area (Å²) in [5.41, 5.74) is 4.59. The van der Waals surface area contributed by atoms with Crippen molar-refractivity contribution in [3.63, 3.8) is 0 Å². The summed E-state index contributed by atoms with van der Waals surface area (Å²) in [5, 5.41) is 0.339. The predicted molar refractivity (Wildman–Crippen MR) is 216 cm³/mol. The van der Waals surface area contributed by atoms with Crippen LogP contribution in [0.5, 0.6) is 0 Å². The van der Waals surface area contributed by atoms with Crippen molar-refractivity contribution in [1.82, 2.24) is 0 Å². The fourth-order valence-corrected chi connectivity index (χ4v) is 12.2. The molecule has 0 bridgehead atoms. The molecule has 1 unspecified atom stereocenters. The van der Waals surface area contributed by atoms with Gasteiger partial charge in [-0.3, -0.25) is 0 Å². The van der Waals surface area contributed by atoms with Gasteiger partial charge in [0.1, 0.15) is 0 Å². The zero-order chi connectivity index (χ0) is 36.1.